The van der Waals surface area contributed by atoms with Crippen molar-refractivity contribution in [3.8, 4) is 17.2 Å². The molecule has 0 amide bonds. The summed E-state index contributed by atoms with van der Waals surface area (Å²) < 4.78 is 44.4. The van der Waals surface area contributed by atoms with Gasteiger partial charge in [-0.05, 0) is 44.0 Å². The molecule has 0 aromatic heterocycles. The van der Waals surface area contributed by atoms with E-state index in [0.717, 1.165) is 5.75 Å². The highest BCUT2D eigenvalue weighted by Gasteiger charge is 2.31. The van der Waals surface area contributed by atoms with E-state index in [1.807, 2.05) is 31.2 Å². The van der Waals surface area contributed by atoms with Gasteiger partial charge in [0.05, 0.1) is 4.90 Å². The Morgan fingerprint density at radius 3 is 2.33 bits per heavy atom. The van der Waals surface area contributed by atoms with Crippen LogP contribution in [0.2, 0.25) is 0 Å². The largest absolute Gasteiger partial charge is 0.490 e. The third-order valence-corrected chi connectivity index (χ3v) is 6.77. The zero-order chi connectivity index (χ0) is 18.9. The highest BCUT2D eigenvalue weighted by atomic mass is 32.2. The van der Waals surface area contributed by atoms with E-state index in [1.54, 1.807) is 18.2 Å². The number of ether oxygens (including phenoxy) is 3. The number of rotatable bonds is 4. The van der Waals surface area contributed by atoms with E-state index in [2.05, 4.69) is 0 Å². The van der Waals surface area contributed by atoms with Crippen molar-refractivity contribution in [1.29, 1.82) is 0 Å². The van der Waals surface area contributed by atoms with Gasteiger partial charge in [0, 0.05) is 19.2 Å². The first-order valence-corrected chi connectivity index (χ1v) is 10.6. The van der Waals surface area contributed by atoms with Crippen LogP contribution in [0.3, 0.4) is 0 Å². The summed E-state index contributed by atoms with van der Waals surface area (Å²) in [4.78, 5) is 0.240. The third-order valence-electron chi connectivity index (χ3n) is 4.88. The summed E-state index contributed by atoms with van der Waals surface area (Å²) in [7, 11) is -3.56. The number of hydrogen-bond acceptors (Lipinski definition) is 5. The first-order chi connectivity index (χ1) is 13.0. The summed E-state index contributed by atoms with van der Waals surface area (Å²) in [6.07, 6.45) is 1.36. The molecule has 2 aromatic carbocycles. The lowest BCUT2D eigenvalue weighted by Gasteiger charge is -2.31. The number of benzene rings is 2. The highest BCUT2D eigenvalue weighted by Crippen LogP contribution is 2.33. The SMILES string of the molecule is Cc1ccc(OC2CCN(S(=O)(=O)c3ccc4c(c3)OCCO4)CC2)cc1. The first kappa shape index (κ1) is 18.1. The lowest BCUT2D eigenvalue weighted by Crippen LogP contribution is -2.41. The predicted octanol–water partition coefficient (Wildman–Crippen LogP) is 3.00. The zero-order valence-electron chi connectivity index (χ0n) is 15.3. The molecule has 1 saturated heterocycles. The summed E-state index contributed by atoms with van der Waals surface area (Å²) >= 11 is 0. The summed E-state index contributed by atoms with van der Waals surface area (Å²) in [5.41, 5.74) is 1.18. The fourth-order valence-electron chi connectivity index (χ4n) is 3.33. The number of fused-ring (bicyclic) bond motifs is 1. The number of nitrogens with zero attached hydrogens (tertiary/aromatic N) is 1. The third kappa shape index (κ3) is 3.89. The number of piperidine rings is 1. The molecule has 6 nitrogen and oxygen atoms in total. The van der Waals surface area contributed by atoms with Crippen molar-refractivity contribution in [2.24, 2.45) is 0 Å². The van der Waals surface area contributed by atoms with Crippen LogP contribution in [0, 0.1) is 6.92 Å². The van der Waals surface area contributed by atoms with Gasteiger partial charge in [0.15, 0.2) is 11.5 Å². The average molecular weight is 389 g/mol. The molecular weight excluding hydrogens is 366 g/mol. The van der Waals surface area contributed by atoms with E-state index >= 15 is 0 Å². The molecule has 0 bridgehead atoms. The van der Waals surface area contributed by atoms with Gasteiger partial charge in [0.25, 0.3) is 0 Å². The van der Waals surface area contributed by atoms with Crippen LogP contribution >= 0.6 is 0 Å². The molecule has 0 N–H and O–H groups in total. The van der Waals surface area contributed by atoms with Crippen molar-refractivity contribution in [1.82, 2.24) is 4.31 Å². The number of hydrogen-bond donors (Lipinski definition) is 0. The zero-order valence-corrected chi connectivity index (χ0v) is 16.1. The molecule has 4 rings (SSSR count). The van der Waals surface area contributed by atoms with Gasteiger partial charge in [0.1, 0.15) is 25.1 Å². The lowest BCUT2D eigenvalue weighted by atomic mass is 10.1. The Morgan fingerprint density at radius 2 is 1.63 bits per heavy atom. The van der Waals surface area contributed by atoms with Crippen LogP contribution in [-0.2, 0) is 10.0 Å². The Kier molecular flexibility index (Phi) is 4.97. The molecule has 0 unspecified atom stereocenters. The average Bonchev–Trinajstić information content (AvgIpc) is 2.70. The van der Waals surface area contributed by atoms with Gasteiger partial charge in [-0.2, -0.15) is 4.31 Å². The van der Waals surface area contributed by atoms with Gasteiger partial charge in [-0.3, -0.25) is 0 Å². The summed E-state index contributed by atoms with van der Waals surface area (Å²) in [6.45, 7) is 3.82. The van der Waals surface area contributed by atoms with E-state index in [0.29, 0.717) is 50.6 Å². The number of aryl methyl sites for hydroxylation is 1. The van der Waals surface area contributed by atoms with Gasteiger partial charge in [-0.15, -0.1) is 0 Å². The van der Waals surface area contributed by atoms with Crippen molar-refractivity contribution in [2.45, 2.75) is 30.8 Å². The first-order valence-electron chi connectivity index (χ1n) is 9.15. The second-order valence-electron chi connectivity index (χ2n) is 6.84. The standard InChI is InChI=1S/C20H23NO5S/c1-15-2-4-16(5-3-15)26-17-8-10-21(11-9-17)27(22,23)18-6-7-19-20(14-18)25-13-12-24-19/h2-7,14,17H,8-13H2,1H3. The molecule has 1 fully saturated rings. The van der Waals surface area contributed by atoms with E-state index in [4.69, 9.17) is 14.2 Å². The maximum Gasteiger partial charge on any atom is 0.243 e. The second kappa shape index (κ2) is 7.40. The van der Waals surface area contributed by atoms with Crippen LogP contribution in [0.4, 0.5) is 0 Å². The van der Waals surface area contributed by atoms with E-state index in [1.165, 1.54) is 9.87 Å². The number of sulfonamides is 1. The Morgan fingerprint density at radius 1 is 0.963 bits per heavy atom. The monoisotopic (exact) mass is 389 g/mol. The van der Waals surface area contributed by atoms with Crippen molar-refractivity contribution < 1.29 is 22.6 Å². The molecular formula is C20H23NO5S. The maximum atomic E-state index is 13.0. The quantitative estimate of drug-likeness (QED) is 0.804. The summed E-state index contributed by atoms with van der Waals surface area (Å²) in [5, 5.41) is 0. The topological polar surface area (TPSA) is 65.1 Å². The van der Waals surface area contributed by atoms with Crippen molar-refractivity contribution in [2.75, 3.05) is 26.3 Å². The summed E-state index contributed by atoms with van der Waals surface area (Å²) in [5.74, 6) is 1.90. The smallest absolute Gasteiger partial charge is 0.243 e. The molecule has 27 heavy (non-hydrogen) atoms. The highest BCUT2D eigenvalue weighted by molar-refractivity contribution is 7.89. The van der Waals surface area contributed by atoms with Crippen molar-refractivity contribution in [3.63, 3.8) is 0 Å². The van der Waals surface area contributed by atoms with Gasteiger partial charge < -0.3 is 14.2 Å². The van der Waals surface area contributed by atoms with Crippen LogP contribution < -0.4 is 14.2 Å². The van der Waals surface area contributed by atoms with Crippen LogP contribution in [0.5, 0.6) is 17.2 Å². The van der Waals surface area contributed by atoms with E-state index in [9.17, 15) is 8.42 Å². The van der Waals surface area contributed by atoms with E-state index < -0.39 is 10.0 Å². The van der Waals surface area contributed by atoms with Gasteiger partial charge in [0.2, 0.25) is 10.0 Å². The Labute approximate surface area is 159 Å². The molecule has 7 heteroatoms. The maximum absolute atomic E-state index is 13.0. The Balaban J connectivity index is 1.41. The van der Waals surface area contributed by atoms with Gasteiger partial charge in [-0.1, -0.05) is 17.7 Å². The molecule has 0 spiro atoms. The minimum absolute atomic E-state index is 0.0272. The molecule has 0 radical (unpaired) electrons. The molecule has 0 saturated carbocycles. The molecule has 0 atom stereocenters. The fraction of sp³-hybridized carbons (Fsp3) is 0.400. The Hall–Kier alpha value is -2.25. The predicted molar refractivity (Wildman–Crippen MR) is 101 cm³/mol. The van der Waals surface area contributed by atoms with Crippen LogP contribution in [0.25, 0.3) is 0 Å². The van der Waals surface area contributed by atoms with Crippen LogP contribution in [-0.4, -0.2) is 45.1 Å². The minimum Gasteiger partial charge on any atom is -0.490 e. The van der Waals surface area contributed by atoms with E-state index in [-0.39, 0.29) is 11.0 Å². The molecule has 2 aromatic rings. The molecule has 2 aliphatic heterocycles. The second-order valence-corrected chi connectivity index (χ2v) is 8.78. The molecule has 144 valence electrons. The van der Waals surface area contributed by atoms with Gasteiger partial charge >= 0.3 is 0 Å². The minimum atomic E-state index is -3.56. The van der Waals surface area contributed by atoms with Crippen LogP contribution in [0.1, 0.15) is 18.4 Å². The molecule has 0 aliphatic carbocycles. The van der Waals surface area contributed by atoms with Gasteiger partial charge in [-0.25, -0.2) is 8.42 Å². The van der Waals surface area contributed by atoms with Crippen LogP contribution in [0.15, 0.2) is 47.4 Å². The van der Waals surface area contributed by atoms with Crippen molar-refractivity contribution in [3.05, 3.63) is 48.0 Å². The molecule has 2 aliphatic rings. The normalized spacial score (nSPS) is 18.3. The Bertz CT molecular complexity index is 902. The summed E-state index contributed by atoms with van der Waals surface area (Å²) in [6, 6.07) is 12.7. The van der Waals surface area contributed by atoms with Crippen molar-refractivity contribution >= 4 is 10.0 Å². The lowest BCUT2D eigenvalue weighted by molar-refractivity contribution is 0.135. The molecule has 2 heterocycles. The fourth-order valence-corrected chi connectivity index (χ4v) is 4.82.